The number of alkyl halides is 3. The van der Waals surface area contributed by atoms with Crippen LogP contribution in [0.2, 0.25) is 0 Å². The molecule has 4 nitrogen and oxygen atoms in total. The van der Waals surface area contributed by atoms with Crippen molar-refractivity contribution in [3.63, 3.8) is 0 Å². The number of nitrogens with one attached hydrogen (secondary N) is 2. The van der Waals surface area contributed by atoms with Gasteiger partial charge >= 0.3 is 12.2 Å². The van der Waals surface area contributed by atoms with Gasteiger partial charge in [0.2, 0.25) is 0 Å². The second kappa shape index (κ2) is 7.25. The Morgan fingerprint density at radius 1 is 1.04 bits per heavy atom. The summed E-state index contributed by atoms with van der Waals surface area (Å²) in [6, 6.07) is 10.7. The first-order valence-electron chi connectivity index (χ1n) is 7.18. The highest BCUT2D eigenvalue weighted by Crippen LogP contribution is 2.29. The van der Waals surface area contributed by atoms with Crippen molar-refractivity contribution in [3.05, 3.63) is 59.7 Å². The van der Waals surface area contributed by atoms with Gasteiger partial charge in [0, 0.05) is 5.69 Å². The first-order valence-corrected chi connectivity index (χ1v) is 7.18. The van der Waals surface area contributed by atoms with Gasteiger partial charge in [0.15, 0.2) is 0 Å². The van der Waals surface area contributed by atoms with Gasteiger partial charge in [-0.05, 0) is 48.9 Å². The zero-order valence-corrected chi connectivity index (χ0v) is 13.1. The number of carbonyl (C=O) groups is 1. The van der Waals surface area contributed by atoms with Crippen molar-refractivity contribution >= 4 is 11.7 Å². The molecule has 0 aromatic heterocycles. The Bertz CT molecular complexity index is 682. The lowest BCUT2D eigenvalue weighted by Gasteiger charge is -2.16. The largest absolute Gasteiger partial charge is 0.497 e. The molecule has 2 aromatic carbocycles. The molecule has 128 valence electrons. The van der Waals surface area contributed by atoms with E-state index in [1.807, 2.05) is 12.1 Å². The van der Waals surface area contributed by atoms with Gasteiger partial charge in [-0.1, -0.05) is 12.1 Å². The van der Waals surface area contributed by atoms with Crippen LogP contribution < -0.4 is 15.4 Å². The van der Waals surface area contributed by atoms with E-state index in [9.17, 15) is 18.0 Å². The van der Waals surface area contributed by atoms with Crippen LogP contribution in [-0.2, 0) is 6.18 Å². The van der Waals surface area contributed by atoms with Crippen molar-refractivity contribution < 1.29 is 22.7 Å². The highest BCUT2D eigenvalue weighted by molar-refractivity contribution is 5.89. The first kappa shape index (κ1) is 17.7. The SMILES string of the molecule is COc1ccc(C(C)NC(=O)Nc2ccc(C(F)(F)F)cc2)cc1. The van der Waals surface area contributed by atoms with Gasteiger partial charge in [-0.2, -0.15) is 13.2 Å². The summed E-state index contributed by atoms with van der Waals surface area (Å²) in [6.07, 6.45) is -4.40. The molecule has 0 fully saturated rings. The van der Waals surface area contributed by atoms with Crippen molar-refractivity contribution in [2.45, 2.75) is 19.1 Å². The number of hydrogen-bond acceptors (Lipinski definition) is 2. The van der Waals surface area contributed by atoms with Gasteiger partial charge < -0.3 is 15.4 Å². The number of benzene rings is 2. The second-order valence-corrected chi connectivity index (χ2v) is 5.17. The highest BCUT2D eigenvalue weighted by atomic mass is 19.4. The summed E-state index contributed by atoms with van der Waals surface area (Å²) in [5.74, 6) is 0.708. The summed E-state index contributed by atoms with van der Waals surface area (Å²) in [4.78, 5) is 11.9. The molecule has 2 rings (SSSR count). The number of methoxy groups -OCH3 is 1. The molecule has 2 N–H and O–H groups in total. The summed E-state index contributed by atoms with van der Waals surface area (Å²) in [5.41, 5.74) is 0.390. The van der Waals surface area contributed by atoms with Crippen LogP contribution >= 0.6 is 0 Å². The second-order valence-electron chi connectivity index (χ2n) is 5.17. The van der Waals surface area contributed by atoms with Crippen LogP contribution in [0, 0.1) is 0 Å². The Hall–Kier alpha value is -2.70. The minimum absolute atomic E-state index is 0.273. The zero-order valence-electron chi connectivity index (χ0n) is 13.1. The third-order valence-electron chi connectivity index (χ3n) is 3.43. The summed E-state index contributed by atoms with van der Waals surface area (Å²) < 4.78 is 42.5. The Morgan fingerprint density at radius 3 is 2.12 bits per heavy atom. The van der Waals surface area contributed by atoms with Gasteiger partial charge in [-0.15, -0.1) is 0 Å². The molecule has 0 aliphatic carbocycles. The van der Waals surface area contributed by atoms with Crippen molar-refractivity contribution in [1.29, 1.82) is 0 Å². The quantitative estimate of drug-likeness (QED) is 0.856. The predicted molar refractivity (Wildman–Crippen MR) is 85.0 cm³/mol. The van der Waals surface area contributed by atoms with Gasteiger partial charge in [0.1, 0.15) is 5.75 Å². The molecule has 24 heavy (non-hydrogen) atoms. The molecule has 0 radical (unpaired) electrons. The van der Waals surface area contributed by atoms with E-state index in [0.717, 1.165) is 17.7 Å². The van der Waals surface area contributed by atoms with Crippen LogP contribution in [0.1, 0.15) is 24.1 Å². The molecule has 2 aromatic rings. The van der Waals surface area contributed by atoms with Crippen LogP contribution in [-0.4, -0.2) is 13.1 Å². The standard InChI is InChI=1S/C17H17F3N2O2/c1-11(12-3-9-15(24-2)10-4-12)21-16(23)22-14-7-5-13(6-8-14)17(18,19)20/h3-11H,1-2H3,(H2,21,22,23). The molecule has 0 aliphatic rings. The van der Waals surface area contributed by atoms with Crippen LogP contribution in [0.5, 0.6) is 5.75 Å². The van der Waals surface area contributed by atoms with Crippen LogP contribution in [0.4, 0.5) is 23.7 Å². The maximum atomic E-state index is 12.5. The van der Waals surface area contributed by atoms with Gasteiger partial charge in [0.25, 0.3) is 0 Å². The summed E-state index contributed by atoms with van der Waals surface area (Å²) in [6.45, 7) is 1.80. The summed E-state index contributed by atoms with van der Waals surface area (Å²) in [5, 5.41) is 5.22. The Labute approximate surface area is 137 Å². The number of hydrogen-bond donors (Lipinski definition) is 2. The molecule has 0 bridgehead atoms. The summed E-state index contributed by atoms with van der Waals surface area (Å²) in [7, 11) is 1.56. The highest BCUT2D eigenvalue weighted by Gasteiger charge is 2.29. The van der Waals surface area contributed by atoms with E-state index in [1.54, 1.807) is 26.2 Å². The number of rotatable bonds is 4. The van der Waals surface area contributed by atoms with E-state index in [-0.39, 0.29) is 11.7 Å². The number of halogens is 3. The van der Waals surface area contributed by atoms with Crippen LogP contribution in [0.15, 0.2) is 48.5 Å². The van der Waals surface area contributed by atoms with E-state index in [0.29, 0.717) is 5.75 Å². The topological polar surface area (TPSA) is 50.4 Å². The molecule has 0 aliphatic heterocycles. The van der Waals surface area contributed by atoms with Gasteiger partial charge in [0.05, 0.1) is 18.7 Å². The van der Waals surface area contributed by atoms with Crippen molar-refractivity contribution in [3.8, 4) is 5.75 Å². The van der Waals surface area contributed by atoms with E-state index < -0.39 is 17.8 Å². The molecule has 0 saturated carbocycles. The molecular weight excluding hydrogens is 321 g/mol. The molecule has 2 amide bonds. The molecule has 0 spiro atoms. The average molecular weight is 338 g/mol. The van der Waals surface area contributed by atoms with Crippen molar-refractivity contribution in [1.82, 2.24) is 5.32 Å². The third-order valence-corrected chi connectivity index (χ3v) is 3.43. The molecule has 1 atom stereocenters. The maximum absolute atomic E-state index is 12.5. The predicted octanol–water partition coefficient (Wildman–Crippen LogP) is 4.60. The monoisotopic (exact) mass is 338 g/mol. The van der Waals surface area contributed by atoms with E-state index in [1.165, 1.54) is 12.1 Å². The van der Waals surface area contributed by atoms with Gasteiger partial charge in [-0.3, -0.25) is 0 Å². The van der Waals surface area contributed by atoms with Crippen LogP contribution in [0.3, 0.4) is 0 Å². The number of amides is 2. The fourth-order valence-corrected chi connectivity index (χ4v) is 2.08. The number of carbonyl (C=O) groups excluding carboxylic acids is 1. The molecule has 1 unspecified atom stereocenters. The smallest absolute Gasteiger partial charge is 0.416 e. The van der Waals surface area contributed by atoms with Crippen molar-refractivity contribution in [2.24, 2.45) is 0 Å². The lowest BCUT2D eigenvalue weighted by Crippen LogP contribution is -2.31. The van der Waals surface area contributed by atoms with E-state index in [2.05, 4.69) is 10.6 Å². The summed E-state index contributed by atoms with van der Waals surface area (Å²) >= 11 is 0. The van der Waals surface area contributed by atoms with E-state index >= 15 is 0 Å². The minimum atomic E-state index is -4.40. The third kappa shape index (κ3) is 4.65. The molecular formula is C17H17F3N2O2. The fraction of sp³-hybridized carbons (Fsp3) is 0.235. The normalized spacial score (nSPS) is 12.4. The zero-order chi connectivity index (χ0) is 17.7. The number of ether oxygens (including phenoxy) is 1. The Kier molecular flexibility index (Phi) is 5.33. The van der Waals surface area contributed by atoms with E-state index in [4.69, 9.17) is 4.74 Å². The minimum Gasteiger partial charge on any atom is -0.497 e. The maximum Gasteiger partial charge on any atom is 0.416 e. The molecule has 7 heteroatoms. The van der Waals surface area contributed by atoms with Gasteiger partial charge in [-0.25, -0.2) is 4.79 Å². The fourth-order valence-electron chi connectivity index (χ4n) is 2.08. The van der Waals surface area contributed by atoms with Crippen LogP contribution in [0.25, 0.3) is 0 Å². The number of urea groups is 1. The lowest BCUT2D eigenvalue weighted by atomic mass is 10.1. The average Bonchev–Trinajstić information content (AvgIpc) is 2.54. The Morgan fingerprint density at radius 2 is 1.62 bits per heavy atom. The first-order chi connectivity index (χ1) is 11.3. The van der Waals surface area contributed by atoms with Crippen molar-refractivity contribution in [2.75, 3.05) is 12.4 Å². The molecule has 0 heterocycles. The number of anilines is 1. The molecule has 0 saturated heterocycles. The lowest BCUT2D eigenvalue weighted by molar-refractivity contribution is -0.137. The Balaban J connectivity index is 1.94.